The molecule has 0 heterocycles. The van der Waals surface area contributed by atoms with Crippen LogP contribution in [0.4, 0.5) is 5.69 Å². The minimum atomic E-state index is -0.247. The molecule has 3 nitrogen and oxygen atoms in total. The Bertz CT molecular complexity index is 611. The lowest BCUT2D eigenvalue weighted by molar-refractivity contribution is 0.102. The standard InChI is InChI=1S/C15H14ClNO2/c1-10-7-8-13(12(16)9-10)17-15(18)11-5-3-4-6-14(11)19-2/h3-9H,1-2H3,(H,17,18). The third kappa shape index (κ3) is 3.06. The molecule has 4 heteroatoms. The average Bonchev–Trinajstić information content (AvgIpc) is 2.41. The lowest BCUT2D eigenvalue weighted by atomic mass is 10.1. The van der Waals surface area contributed by atoms with Crippen LogP contribution in [-0.4, -0.2) is 13.0 Å². The second-order valence-corrected chi connectivity index (χ2v) is 4.54. The first kappa shape index (κ1) is 13.4. The van der Waals surface area contributed by atoms with E-state index in [0.717, 1.165) is 5.56 Å². The van der Waals surface area contributed by atoms with Crippen LogP contribution in [0, 0.1) is 6.92 Å². The fourth-order valence-corrected chi connectivity index (χ4v) is 2.03. The van der Waals surface area contributed by atoms with Crippen molar-refractivity contribution >= 4 is 23.2 Å². The summed E-state index contributed by atoms with van der Waals surface area (Å²) < 4.78 is 5.16. The van der Waals surface area contributed by atoms with Gasteiger partial charge in [0.1, 0.15) is 5.75 Å². The number of aryl methyl sites for hydroxylation is 1. The highest BCUT2D eigenvalue weighted by atomic mass is 35.5. The third-order valence-corrected chi connectivity index (χ3v) is 3.04. The molecule has 0 fully saturated rings. The number of anilines is 1. The van der Waals surface area contributed by atoms with Crippen molar-refractivity contribution in [3.63, 3.8) is 0 Å². The van der Waals surface area contributed by atoms with Gasteiger partial charge in [0, 0.05) is 0 Å². The van der Waals surface area contributed by atoms with Crippen LogP contribution in [0.5, 0.6) is 5.75 Å². The smallest absolute Gasteiger partial charge is 0.259 e. The van der Waals surface area contributed by atoms with Gasteiger partial charge in [-0.25, -0.2) is 0 Å². The lowest BCUT2D eigenvalue weighted by Crippen LogP contribution is -2.13. The van der Waals surface area contributed by atoms with Crippen molar-refractivity contribution in [2.24, 2.45) is 0 Å². The summed E-state index contributed by atoms with van der Waals surface area (Å²) in [4.78, 5) is 12.2. The predicted molar refractivity (Wildman–Crippen MR) is 77.1 cm³/mol. The van der Waals surface area contributed by atoms with Gasteiger partial charge in [-0.05, 0) is 36.8 Å². The molecular formula is C15H14ClNO2. The fourth-order valence-electron chi connectivity index (χ4n) is 1.74. The summed E-state index contributed by atoms with van der Waals surface area (Å²) >= 11 is 6.09. The number of rotatable bonds is 3. The Kier molecular flexibility index (Phi) is 4.07. The Morgan fingerprint density at radius 2 is 1.95 bits per heavy atom. The maximum atomic E-state index is 12.2. The SMILES string of the molecule is COc1ccccc1C(=O)Nc1ccc(C)cc1Cl. The van der Waals surface area contributed by atoms with Gasteiger partial charge in [0.05, 0.1) is 23.4 Å². The van der Waals surface area contributed by atoms with Crippen molar-refractivity contribution < 1.29 is 9.53 Å². The number of halogens is 1. The normalized spacial score (nSPS) is 10.1. The van der Waals surface area contributed by atoms with Gasteiger partial charge >= 0.3 is 0 Å². The molecule has 2 aromatic carbocycles. The second kappa shape index (κ2) is 5.76. The molecular weight excluding hydrogens is 262 g/mol. The van der Waals surface area contributed by atoms with Gasteiger partial charge in [-0.2, -0.15) is 0 Å². The molecule has 0 aliphatic heterocycles. The van der Waals surface area contributed by atoms with E-state index in [0.29, 0.717) is 22.0 Å². The van der Waals surface area contributed by atoms with Crippen LogP contribution in [0.1, 0.15) is 15.9 Å². The van der Waals surface area contributed by atoms with Gasteiger partial charge in [-0.1, -0.05) is 29.8 Å². The van der Waals surface area contributed by atoms with Gasteiger partial charge < -0.3 is 10.1 Å². The molecule has 0 bridgehead atoms. The van der Waals surface area contributed by atoms with Gasteiger partial charge in [0.2, 0.25) is 0 Å². The van der Waals surface area contributed by atoms with Crippen LogP contribution < -0.4 is 10.1 Å². The lowest BCUT2D eigenvalue weighted by Gasteiger charge is -2.10. The Morgan fingerprint density at radius 3 is 2.63 bits per heavy atom. The summed E-state index contributed by atoms with van der Waals surface area (Å²) in [5.74, 6) is 0.284. The monoisotopic (exact) mass is 275 g/mol. The van der Waals surface area contributed by atoms with Gasteiger partial charge in [-0.15, -0.1) is 0 Å². The number of hydrogen-bond acceptors (Lipinski definition) is 2. The first-order chi connectivity index (χ1) is 9.11. The number of ether oxygens (including phenoxy) is 1. The molecule has 1 amide bonds. The average molecular weight is 276 g/mol. The van der Waals surface area contributed by atoms with Crippen molar-refractivity contribution in [3.05, 3.63) is 58.6 Å². The largest absolute Gasteiger partial charge is 0.496 e. The minimum Gasteiger partial charge on any atom is -0.496 e. The molecule has 0 aliphatic rings. The first-order valence-electron chi connectivity index (χ1n) is 5.82. The fraction of sp³-hybridized carbons (Fsp3) is 0.133. The van der Waals surface area contributed by atoms with Crippen LogP contribution in [0.15, 0.2) is 42.5 Å². The van der Waals surface area contributed by atoms with Crippen molar-refractivity contribution in [3.8, 4) is 5.75 Å². The number of nitrogens with one attached hydrogen (secondary N) is 1. The third-order valence-electron chi connectivity index (χ3n) is 2.72. The number of hydrogen-bond donors (Lipinski definition) is 1. The van der Waals surface area contributed by atoms with E-state index in [2.05, 4.69) is 5.32 Å². The van der Waals surface area contributed by atoms with Crippen LogP contribution in [0.3, 0.4) is 0 Å². The summed E-state index contributed by atoms with van der Waals surface area (Å²) in [7, 11) is 1.53. The number of benzene rings is 2. The first-order valence-corrected chi connectivity index (χ1v) is 6.20. The second-order valence-electron chi connectivity index (χ2n) is 4.14. The zero-order valence-corrected chi connectivity index (χ0v) is 11.5. The molecule has 98 valence electrons. The summed E-state index contributed by atoms with van der Waals surface area (Å²) in [6, 6.07) is 12.5. The molecule has 0 spiro atoms. The molecule has 0 saturated heterocycles. The van der Waals surface area contributed by atoms with Crippen LogP contribution in [-0.2, 0) is 0 Å². The van der Waals surface area contributed by atoms with E-state index in [4.69, 9.17) is 16.3 Å². The molecule has 0 aromatic heterocycles. The quantitative estimate of drug-likeness (QED) is 0.922. The van der Waals surface area contributed by atoms with E-state index < -0.39 is 0 Å². The molecule has 0 aliphatic carbocycles. The molecule has 2 rings (SSSR count). The van der Waals surface area contributed by atoms with E-state index in [-0.39, 0.29) is 5.91 Å². The molecule has 0 radical (unpaired) electrons. The zero-order chi connectivity index (χ0) is 13.8. The van der Waals surface area contributed by atoms with Crippen molar-refractivity contribution in [2.75, 3.05) is 12.4 Å². The molecule has 0 saturated carbocycles. The Morgan fingerprint density at radius 1 is 1.21 bits per heavy atom. The Hall–Kier alpha value is -2.00. The number of amides is 1. The molecule has 1 N–H and O–H groups in total. The van der Waals surface area contributed by atoms with E-state index in [1.807, 2.05) is 19.1 Å². The minimum absolute atomic E-state index is 0.247. The summed E-state index contributed by atoms with van der Waals surface area (Å²) in [6.07, 6.45) is 0. The van der Waals surface area contributed by atoms with E-state index in [9.17, 15) is 4.79 Å². The van der Waals surface area contributed by atoms with Gasteiger partial charge in [0.15, 0.2) is 0 Å². The van der Waals surface area contributed by atoms with Crippen molar-refractivity contribution in [1.29, 1.82) is 0 Å². The van der Waals surface area contributed by atoms with Crippen molar-refractivity contribution in [1.82, 2.24) is 0 Å². The Balaban J connectivity index is 2.26. The highest BCUT2D eigenvalue weighted by Gasteiger charge is 2.12. The van der Waals surface area contributed by atoms with Crippen molar-refractivity contribution in [2.45, 2.75) is 6.92 Å². The summed E-state index contributed by atoms with van der Waals surface area (Å²) in [5.41, 5.74) is 2.10. The molecule has 19 heavy (non-hydrogen) atoms. The number of carbonyl (C=O) groups excluding carboxylic acids is 1. The van der Waals surface area contributed by atoms with Crippen LogP contribution in [0.25, 0.3) is 0 Å². The number of para-hydroxylation sites is 1. The Labute approximate surface area is 117 Å². The number of methoxy groups -OCH3 is 1. The van der Waals surface area contributed by atoms with Gasteiger partial charge in [0.25, 0.3) is 5.91 Å². The number of carbonyl (C=O) groups is 1. The topological polar surface area (TPSA) is 38.3 Å². The highest BCUT2D eigenvalue weighted by Crippen LogP contribution is 2.25. The summed E-state index contributed by atoms with van der Waals surface area (Å²) in [6.45, 7) is 1.94. The summed E-state index contributed by atoms with van der Waals surface area (Å²) in [5, 5.41) is 3.29. The maximum Gasteiger partial charge on any atom is 0.259 e. The molecule has 0 atom stereocenters. The predicted octanol–water partition coefficient (Wildman–Crippen LogP) is 3.91. The van der Waals surface area contributed by atoms with Crippen LogP contribution >= 0.6 is 11.6 Å². The highest BCUT2D eigenvalue weighted by molar-refractivity contribution is 6.34. The van der Waals surface area contributed by atoms with E-state index in [1.54, 1.807) is 30.3 Å². The van der Waals surface area contributed by atoms with Crippen LogP contribution in [0.2, 0.25) is 5.02 Å². The zero-order valence-electron chi connectivity index (χ0n) is 10.7. The van der Waals surface area contributed by atoms with Gasteiger partial charge in [-0.3, -0.25) is 4.79 Å². The molecule has 2 aromatic rings. The van der Waals surface area contributed by atoms with E-state index in [1.165, 1.54) is 7.11 Å². The molecule has 0 unspecified atom stereocenters. The maximum absolute atomic E-state index is 12.2. The van der Waals surface area contributed by atoms with E-state index >= 15 is 0 Å².